The van der Waals surface area contributed by atoms with Crippen LogP contribution in [-0.4, -0.2) is 55.8 Å². The van der Waals surface area contributed by atoms with Crippen LogP contribution < -0.4 is 4.74 Å². The second-order valence-corrected chi connectivity index (χ2v) is 8.84. The molecular formula is C19H22N2O4S. The second kappa shape index (κ2) is 6.25. The fourth-order valence-electron chi connectivity index (χ4n) is 3.98. The first-order valence-electron chi connectivity index (χ1n) is 8.82. The Morgan fingerprint density at radius 1 is 1.12 bits per heavy atom. The van der Waals surface area contributed by atoms with Gasteiger partial charge in [-0.15, -0.1) is 0 Å². The van der Waals surface area contributed by atoms with Gasteiger partial charge in [0.15, 0.2) is 0 Å². The molecule has 7 heteroatoms. The van der Waals surface area contributed by atoms with Gasteiger partial charge in [0.05, 0.1) is 12.0 Å². The zero-order chi connectivity index (χ0) is 18.5. The molecule has 1 amide bonds. The van der Waals surface area contributed by atoms with Crippen molar-refractivity contribution in [1.29, 1.82) is 0 Å². The van der Waals surface area contributed by atoms with Gasteiger partial charge in [0.1, 0.15) is 11.8 Å². The molecule has 2 aliphatic rings. The molecule has 0 unspecified atom stereocenters. The van der Waals surface area contributed by atoms with Crippen LogP contribution in [0.2, 0.25) is 0 Å². The highest BCUT2D eigenvalue weighted by atomic mass is 32.2. The van der Waals surface area contributed by atoms with Crippen molar-refractivity contribution in [3.05, 3.63) is 36.4 Å². The number of carbonyl (C=O) groups excluding carboxylic acids is 1. The lowest BCUT2D eigenvalue weighted by atomic mass is 10.1. The number of hydrogen-bond donors (Lipinski definition) is 0. The molecule has 138 valence electrons. The minimum Gasteiger partial charge on any atom is -0.497 e. The van der Waals surface area contributed by atoms with Gasteiger partial charge in [0.2, 0.25) is 15.9 Å². The highest BCUT2D eigenvalue weighted by Gasteiger charge is 2.45. The molecule has 0 spiro atoms. The van der Waals surface area contributed by atoms with Crippen LogP contribution in [0.3, 0.4) is 0 Å². The van der Waals surface area contributed by atoms with E-state index in [0.29, 0.717) is 6.54 Å². The number of carbonyl (C=O) groups is 1. The average Bonchev–Trinajstić information content (AvgIpc) is 3.12. The number of hydrogen-bond acceptors (Lipinski definition) is 4. The molecule has 26 heavy (non-hydrogen) atoms. The quantitative estimate of drug-likeness (QED) is 0.826. The number of benzene rings is 2. The molecule has 0 radical (unpaired) electrons. The Kier molecular flexibility index (Phi) is 4.16. The average molecular weight is 374 g/mol. The van der Waals surface area contributed by atoms with Gasteiger partial charge >= 0.3 is 0 Å². The van der Waals surface area contributed by atoms with Crippen molar-refractivity contribution in [3.63, 3.8) is 0 Å². The van der Waals surface area contributed by atoms with Gasteiger partial charge in [0.25, 0.3) is 0 Å². The Bertz CT molecular complexity index is 973. The van der Waals surface area contributed by atoms with Crippen LogP contribution in [0.15, 0.2) is 41.3 Å². The molecule has 2 fully saturated rings. The molecule has 0 aromatic heterocycles. The highest BCUT2D eigenvalue weighted by Crippen LogP contribution is 2.31. The Balaban J connectivity index is 1.71. The summed E-state index contributed by atoms with van der Waals surface area (Å²) < 4.78 is 33.0. The van der Waals surface area contributed by atoms with Crippen LogP contribution >= 0.6 is 0 Å². The van der Waals surface area contributed by atoms with E-state index in [2.05, 4.69) is 0 Å². The largest absolute Gasteiger partial charge is 0.497 e. The lowest BCUT2D eigenvalue weighted by Crippen LogP contribution is -2.59. The number of nitrogens with zero attached hydrogens (tertiary/aromatic N) is 2. The van der Waals surface area contributed by atoms with Crippen molar-refractivity contribution in [2.45, 2.75) is 36.7 Å². The van der Waals surface area contributed by atoms with Gasteiger partial charge in [0, 0.05) is 19.1 Å². The minimum absolute atomic E-state index is 0.00167. The number of piperazine rings is 1. The smallest absolute Gasteiger partial charge is 0.243 e. The monoisotopic (exact) mass is 374 g/mol. The summed E-state index contributed by atoms with van der Waals surface area (Å²) in [5.74, 6) is 0.637. The van der Waals surface area contributed by atoms with E-state index in [9.17, 15) is 13.2 Å². The summed E-state index contributed by atoms with van der Waals surface area (Å²) in [5, 5.41) is 1.73. The van der Waals surface area contributed by atoms with Crippen molar-refractivity contribution in [2.24, 2.45) is 0 Å². The summed E-state index contributed by atoms with van der Waals surface area (Å²) in [4.78, 5) is 14.6. The number of sulfonamides is 1. The number of amides is 1. The number of rotatable bonds is 3. The van der Waals surface area contributed by atoms with Crippen LogP contribution in [0.5, 0.6) is 5.75 Å². The van der Waals surface area contributed by atoms with Crippen molar-refractivity contribution in [2.75, 3.05) is 20.2 Å². The Hall–Kier alpha value is -2.12. The summed E-state index contributed by atoms with van der Waals surface area (Å²) in [7, 11) is -2.14. The van der Waals surface area contributed by atoms with Crippen LogP contribution in [0.1, 0.15) is 19.8 Å². The topological polar surface area (TPSA) is 66.9 Å². The lowest BCUT2D eigenvalue weighted by molar-refractivity contribution is -0.139. The maximum Gasteiger partial charge on any atom is 0.243 e. The summed E-state index contributed by atoms with van der Waals surface area (Å²) in [5.41, 5.74) is 0. The maximum absolute atomic E-state index is 13.2. The van der Waals surface area contributed by atoms with Gasteiger partial charge in [-0.2, -0.15) is 4.31 Å². The zero-order valence-corrected chi connectivity index (χ0v) is 15.7. The molecule has 0 aliphatic carbocycles. The Labute approximate surface area is 153 Å². The van der Waals surface area contributed by atoms with Crippen LogP contribution in [0.4, 0.5) is 0 Å². The minimum atomic E-state index is -3.74. The summed E-state index contributed by atoms with van der Waals surface area (Å²) in [6, 6.07) is 9.91. The number of methoxy groups -OCH3 is 1. The second-order valence-electron chi connectivity index (χ2n) is 6.95. The van der Waals surface area contributed by atoms with E-state index in [4.69, 9.17) is 4.74 Å². The highest BCUT2D eigenvalue weighted by molar-refractivity contribution is 7.89. The zero-order valence-electron chi connectivity index (χ0n) is 14.9. The number of ether oxygens (including phenoxy) is 1. The third-order valence-corrected chi connectivity index (χ3v) is 7.40. The van der Waals surface area contributed by atoms with Crippen molar-refractivity contribution < 1.29 is 17.9 Å². The SMILES string of the molecule is COc1ccc2cc(S(=O)(=O)N3C[C@H]4CCCN4C(=O)[C@H]3C)ccc2c1. The van der Waals surface area contributed by atoms with E-state index in [-0.39, 0.29) is 16.8 Å². The molecule has 0 saturated carbocycles. The maximum atomic E-state index is 13.2. The lowest BCUT2D eigenvalue weighted by Gasteiger charge is -2.40. The van der Waals surface area contributed by atoms with Gasteiger partial charge in [-0.05, 0) is 54.8 Å². The first-order valence-corrected chi connectivity index (χ1v) is 10.3. The fraction of sp³-hybridized carbons (Fsp3) is 0.421. The van der Waals surface area contributed by atoms with Crippen molar-refractivity contribution in [1.82, 2.24) is 9.21 Å². The standard InChI is InChI=1S/C19H22N2O4S/c1-13-19(22)20-9-3-4-16(20)12-21(13)26(23,24)18-8-6-14-10-17(25-2)7-5-15(14)11-18/h5-8,10-11,13,16H,3-4,9,12H2,1-2H3/t13-,16-/m1/s1. The number of fused-ring (bicyclic) bond motifs is 2. The first kappa shape index (κ1) is 17.3. The summed E-state index contributed by atoms with van der Waals surface area (Å²) in [6.45, 7) is 2.79. The van der Waals surface area contributed by atoms with E-state index in [1.165, 1.54) is 4.31 Å². The molecule has 6 nitrogen and oxygen atoms in total. The molecule has 2 heterocycles. The van der Waals surface area contributed by atoms with Gasteiger partial charge < -0.3 is 9.64 Å². The Morgan fingerprint density at radius 3 is 2.62 bits per heavy atom. The normalized spacial score (nSPS) is 24.1. The van der Waals surface area contributed by atoms with E-state index < -0.39 is 16.1 Å². The third-order valence-electron chi connectivity index (χ3n) is 5.47. The molecule has 0 N–H and O–H groups in total. The van der Waals surface area contributed by atoms with Gasteiger partial charge in [-0.25, -0.2) is 8.42 Å². The van der Waals surface area contributed by atoms with Crippen LogP contribution in [0.25, 0.3) is 10.8 Å². The van der Waals surface area contributed by atoms with Crippen molar-refractivity contribution in [3.8, 4) is 5.75 Å². The third kappa shape index (κ3) is 2.66. The van der Waals surface area contributed by atoms with Crippen LogP contribution in [0, 0.1) is 0 Å². The molecule has 4 rings (SSSR count). The van der Waals surface area contributed by atoms with E-state index in [1.54, 1.807) is 32.2 Å². The van der Waals surface area contributed by atoms with E-state index >= 15 is 0 Å². The molecule has 2 aromatic rings. The molecule has 2 aromatic carbocycles. The Morgan fingerprint density at radius 2 is 1.85 bits per heavy atom. The molecular weight excluding hydrogens is 352 g/mol. The summed E-state index contributed by atoms with van der Waals surface area (Å²) >= 11 is 0. The molecule has 2 aliphatic heterocycles. The predicted octanol–water partition coefficient (Wildman–Crippen LogP) is 2.23. The summed E-state index contributed by atoms with van der Waals surface area (Å²) in [6.07, 6.45) is 1.80. The molecule has 2 saturated heterocycles. The van der Waals surface area contributed by atoms with Crippen molar-refractivity contribution >= 4 is 26.7 Å². The van der Waals surface area contributed by atoms with Crippen LogP contribution in [-0.2, 0) is 14.8 Å². The fourth-order valence-corrected chi connectivity index (χ4v) is 5.64. The first-order chi connectivity index (χ1) is 12.4. The van der Waals surface area contributed by atoms with E-state index in [0.717, 1.165) is 35.9 Å². The van der Waals surface area contributed by atoms with E-state index in [1.807, 2.05) is 23.1 Å². The van der Waals surface area contributed by atoms with Gasteiger partial charge in [-0.1, -0.05) is 12.1 Å². The molecule has 2 atom stereocenters. The predicted molar refractivity (Wildman–Crippen MR) is 98.6 cm³/mol. The molecule has 0 bridgehead atoms. The van der Waals surface area contributed by atoms with Gasteiger partial charge in [-0.3, -0.25) is 4.79 Å².